The van der Waals surface area contributed by atoms with E-state index in [9.17, 15) is 5.11 Å². The monoisotopic (exact) mass is 266 g/mol. The molecule has 1 aromatic heterocycles. The van der Waals surface area contributed by atoms with Gasteiger partial charge < -0.3 is 5.11 Å². The zero-order valence-corrected chi connectivity index (χ0v) is 11.2. The fourth-order valence-corrected chi connectivity index (χ4v) is 2.84. The molecule has 2 aromatic carbocycles. The summed E-state index contributed by atoms with van der Waals surface area (Å²) in [6.45, 7) is 0. The molecule has 0 amide bonds. The van der Waals surface area contributed by atoms with Crippen LogP contribution < -0.4 is 0 Å². The molecule has 0 aliphatic carbocycles. The van der Waals surface area contributed by atoms with Crippen molar-refractivity contribution < 1.29 is 5.11 Å². The van der Waals surface area contributed by atoms with Crippen LogP contribution in [0.4, 0.5) is 0 Å². The van der Waals surface area contributed by atoms with Crippen molar-refractivity contribution in [3.05, 3.63) is 82.6 Å². The van der Waals surface area contributed by atoms with E-state index >= 15 is 0 Å². The smallest absolute Gasteiger partial charge is 0.113 e. The van der Waals surface area contributed by atoms with Crippen molar-refractivity contribution in [2.75, 3.05) is 0 Å². The van der Waals surface area contributed by atoms with Gasteiger partial charge in [0.05, 0.1) is 0 Å². The summed E-state index contributed by atoms with van der Waals surface area (Å²) in [6.07, 6.45) is -0.523. The van der Waals surface area contributed by atoms with Crippen molar-refractivity contribution in [3.63, 3.8) is 0 Å². The molecule has 1 heterocycles. The Labute approximate surface area is 116 Å². The fraction of sp³-hybridized carbons (Fsp3) is 0.0588. The normalized spacial score (nSPS) is 12.3. The Morgan fingerprint density at radius 2 is 1.42 bits per heavy atom. The van der Waals surface area contributed by atoms with Crippen molar-refractivity contribution in [1.82, 2.24) is 0 Å². The van der Waals surface area contributed by atoms with Crippen LogP contribution in [0.1, 0.15) is 16.5 Å². The molecule has 0 aliphatic heterocycles. The number of aliphatic hydroxyl groups excluding tert-OH is 1. The molecule has 1 N–H and O–H groups in total. The molecule has 19 heavy (non-hydrogen) atoms. The topological polar surface area (TPSA) is 20.2 Å². The molecule has 3 aromatic rings. The molecule has 2 heteroatoms. The van der Waals surface area contributed by atoms with Gasteiger partial charge in [-0.1, -0.05) is 60.7 Å². The number of aliphatic hydroxyl groups is 1. The first-order valence-corrected chi connectivity index (χ1v) is 7.09. The summed E-state index contributed by atoms with van der Waals surface area (Å²) in [6, 6.07) is 22.3. The van der Waals surface area contributed by atoms with E-state index in [0.717, 1.165) is 10.4 Å². The minimum Gasteiger partial charge on any atom is -0.383 e. The number of hydrogen-bond donors (Lipinski definition) is 1. The molecule has 0 saturated heterocycles. The molecule has 1 atom stereocenters. The van der Waals surface area contributed by atoms with Crippen molar-refractivity contribution in [1.29, 1.82) is 0 Å². The van der Waals surface area contributed by atoms with Crippen LogP contribution >= 0.6 is 11.3 Å². The number of hydrogen-bond acceptors (Lipinski definition) is 2. The maximum Gasteiger partial charge on any atom is 0.113 e. The third-order valence-corrected chi connectivity index (χ3v) is 4.07. The van der Waals surface area contributed by atoms with Crippen molar-refractivity contribution >= 4 is 11.3 Å². The summed E-state index contributed by atoms with van der Waals surface area (Å²) in [5, 5.41) is 12.2. The van der Waals surface area contributed by atoms with Crippen LogP contribution in [0.3, 0.4) is 0 Å². The lowest BCUT2D eigenvalue weighted by Gasteiger charge is -2.10. The summed E-state index contributed by atoms with van der Waals surface area (Å²) in [5.74, 6) is 0. The molecule has 0 aliphatic rings. The molecule has 0 radical (unpaired) electrons. The quantitative estimate of drug-likeness (QED) is 0.740. The van der Waals surface area contributed by atoms with Crippen LogP contribution in [0, 0.1) is 0 Å². The Balaban J connectivity index is 1.87. The highest BCUT2D eigenvalue weighted by atomic mass is 32.1. The predicted molar refractivity (Wildman–Crippen MR) is 80.3 cm³/mol. The Morgan fingerprint density at radius 1 is 0.737 bits per heavy atom. The Kier molecular flexibility index (Phi) is 3.45. The summed E-state index contributed by atoms with van der Waals surface area (Å²) in [5.41, 5.74) is 3.30. The van der Waals surface area contributed by atoms with E-state index in [-0.39, 0.29) is 0 Å². The molecular formula is C17H14OS. The van der Waals surface area contributed by atoms with Crippen molar-refractivity contribution in [2.45, 2.75) is 6.10 Å². The minimum atomic E-state index is -0.523. The molecule has 0 fully saturated rings. The average molecular weight is 266 g/mol. The van der Waals surface area contributed by atoms with Gasteiger partial charge in [0.1, 0.15) is 6.10 Å². The third kappa shape index (κ3) is 2.60. The van der Waals surface area contributed by atoms with E-state index in [0.29, 0.717) is 0 Å². The lowest BCUT2D eigenvalue weighted by atomic mass is 10.0. The van der Waals surface area contributed by atoms with Crippen LogP contribution in [0.25, 0.3) is 11.1 Å². The van der Waals surface area contributed by atoms with Gasteiger partial charge in [-0.2, -0.15) is 0 Å². The van der Waals surface area contributed by atoms with Crippen LogP contribution in [-0.4, -0.2) is 5.11 Å². The van der Waals surface area contributed by atoms with Crippen LogP contribution in [0.5, 0.6) is 0 Å². The van der Waals surface area contributed by atoms with Gasteiger partial charge in [-0.15, -0.1) is 11.3 Å². The summed E-state index contributed by atoms with van der Waals surface area (Å²) >= 11 is 1.58. The number of benzene rings is 2. The predicted octanol–water partition coefficient (Wildman–Crippen LogP) is 4.50. The molecule has 0 spiro atoms. The Morgan fingerprint density at radius 3 is 2.05 bits per heavy atom. The van der Waals surface area contributed by atoms with E-state index in [4.69, 9.17) is 0 Å². The second-order valence-electron chi connectivity index (χ2n) is 4.41. The van der Waals surface area contributed by atoms with Gasteiger partial charge in [0.15, 0.2) is 0 Å². The van der Waals surface area contributed by atoms with Gasteiger partial charge in [-0.3, -0.25) is 0 Å². The van der Waals surface area contributed by atoms with E-state index in [1.807, 2.05) is 47.8 Å². The average Bonchev–Trinajstić information content (AvgIpc) is 3.02. The zero-order valence-electron chi connectivity index (χ0n) is 10.4. The summed E-state index contributed by atoms with van der Waals surface area (Å²) in [7, 11) is 0. The van der Waals surface area contributed by atoms with Gasteiger partial charge in [0.2, 0.25) is 0 Å². The van der Waals surface area contributed by atoms with E-state index in [1.54, 1.807) is 11.3 Å². The van der Waals surface area contributed by atoms with Gasteiger partial charge in [-0.05, 0) is 28.1 Å². The number of thiophene rings is 1. The first kappa shape index (κ1) is 12.2. The van der Waals surface area contributed by atoms with Gasteiger partial charge in [-0.25, -0.2) is 0 Å². The van der Waals surface area contributed by atoms with Crippen LogP contribution in [-0.2, 0) is 0 Å². The summed E-state index contributed by atoms with van der Waals surface area (Å²) < 4.78 is 0. The maximum absolute atomic E-state index is 10.3. The van der Waals surface area contributed by atoms with Crippen LogP contribution in [0.15, 0.2) is 72.1 Å². The van der Waals surface area contributed by atoms with Gasteiger partial charge >= 0.3 is 0 Å². The second-order valence-corrected chi connectivity index (χ2v) is 5.39. The third-order valence-electron chi connectivity index (χ3n) is 3.15. The highest BCUT2D eigenvalue weighted by Crippen LogP contribution is 2.27. The standard InChI is InChI=1S/C17H14OS/c18-17(16-7-4-12-19-16)15-10-8-14(9-11-15)13-5-2-1-3-6-13/h1-12,17-18H/t17-/m0/s1. The van der Waals surface area contributed by atoms with E-state index in [2.05, 4.69) is 24.3 Å². The molecule has 1 nitrogen and oxygen atoms in total. The van der Waals surface area contributed by atoms with Gasteiger partial charge in [0, 0.05) is 4.88 Å². The Bertz CT molecular complexity index is 627. The van der Waals surface area contributed by atoms with Crippen molar-refractivity contribution in [3.8, 4) is 11.1 Å². The largest absolute Gasteiger partial charge is 0.383 e. The molecular weight excluding hydrogens is 252 g/mol. The highest BCUT2D eigenvalue weighted by molar-refractivity contribution is 7.10. The second kappa shape index (κ2) is 5.39. The van der Waals surface area contributed by atoms with E-state index < -0.39 is 6.10 Å². The lowest BCUT2D eigenvalue weighted by molar-refractivity contribution is 0.224. The Hall–Kier alpha value is -1.90. The number of rotatable bonds is 3. The van der Waals surface area contributed by atoms with Crippen molar-refractivity contribution in [2.24, 2.45) is 0 Å². The first-order chi connectivity index (χ1) is 9.34. The lowest BCUT2D eigenvalue weighted by Crippen LogP contribution is -1.96. The molecule has 0 saturated carbocycles. The minimum absolute atomic E-state index is 0.523. The van der Waals surface area contributed by atoms with E-state index in [1.165, 1.54) is 11.1 Å². The molecule has 0 unspecified atom stereocenters. The first-order valence-electron chi connectivity index (χ1n) is 6.21. The zero-order chi connectivity index (χ0) is 13.1. The SMILES string of the molecule is O[C@@H](c1ccc(-c2ccccc2)cc1)c1cccs1. The van der Waals surface area contributed by atoms with Gasteiger partial charge in [0.25, 0.3) is 0 Å². The molecule has 94 valence electrons. The molecule has 3 rings (SSSR count). The summed E-state index contributed by atoms with van der Waals surface area (Å²) in [4.78, 5) is 0.979. The van der Waals surface area contributed by atoms with Crippen LogP contribution in [0.2, 0.25) is 0 Å². The molecule has 0 bridgehead atoms. The maximum atomic E-state index is 10.3. The highest BCUT2D eigenvalue weighted by Gasteiger charge is 2.11. The fourth-order valence-electron chi connectivity index (χ4n) is 2.10.